The Labute approximate surface area is 123 Å². The Balaban J connectivity index is 1.75. The zero-order valence-electron chi connectivity index (χ0n) is 12.2. The second-order valence-corrected chi connectivity index (χ2v) is 5.99. The minimum Gasteiger partial charge on any atom is -0.481 e. The van der Waals surface area contributed by atoms with Gasteiger partial charge in [0.25, 0.3) is 0 Å². The number of carbonyl (C=O) groups excluding carboxylic acids is 1. The highest BCUT2D eigenvalue weighted by Crippen LogP contribution is 2.43. The van der Waals surface area contributed by atoms with E-state index in [4.69, 9.17) is 9.52 Å². The van der Waals surface area contributed by atoms with Crippen molar-refractivity contribution in [3.05, 3.63) is 23.7 Å². The third-order valence-electron chi connectivity index (χ3n) is 4.57. The zero-order chi connectivity index (χ0) is 15.0. The van der Waals surface area contributed by atoms with Crippen LogP contribution in [0.1, 0.15) is 50.2 Å². The number of carbonyl (C=O) groups is 2. The van der Waals surface area contributed by atoms with Gasteiger partial charge in [0.2, 0.25) is 5.91 Å². The van der Waals surface area contributed by atoms with E-state index in [2.05, 4.69) is 0 Å². The minimum atomic E-state index is -0.854. The molecule has 1 N–H and O–H groups in total. The maximum Gasteiger partial charge on any atom is 0.307 e. The number of nitrogens with zero attached hydrogens (tertiary/aromatic N) is 1. The number of aryl methyl sites for hydroxylation is 1. The molecule has 1 amide bonds. The van der Waals surface area contributed by atoms with Crippen molar-refractivity contribution in [1.82, 2.24) is 4.90 Å². The highest BCUT2D eigenvalue weighted by atomic mass is 16.4. The van der Waals surface area contributed by atoms with Gasteiger partial charge in [0.05, 0.1) is 17.9 Å². The summed E-state index contributed by atoms with van der Waals surface area (Å²) in [6.07, 6.45) is 4.27. The smallest absolute Gasteiger partial charge is 0.307 e. The molecule has 5 nitrogen and oxygen atoms in total. The average Bonchev–Trinajstić information content (AvgIpc) is 3.17. The second-order valence-electron chi connectivity index (χ2n) is 5.99. The van der Waals surface area contributed by atoms with Gasteiger partial charge in [-0.25, -0.2) is 0 Å². The molecule has 2 aliphatic rings. The number of carboxylic acid groups (broad SMARTS) is 1. The molecule has 2 fully saturated rings. The molecule has 5 heteroatoms. The summed E-state index contributed by atoms with van der Waals surface area (Å²) in [6, 6.07) is 3.89. The predicted molar refractivity (Wildman–Crippen MR) is 75.6 cm³/mol. The SMILES string of the molecule is CCc1ccc(C2CCCCN2C(=O)C2CC2C(=O)O)o1. The summed E-state index contributed by atoms with van der Waals surface area (Å²) in [5.41, 5.74) is 0. The van der Waals surface area contributed by atoms with Gasteiger partial charge in [-0.05, 0) is 37.8 Å². The Bertz CT molecular complexity index is 550. The quantitative estimate of drug-likeness (QED) is 0.925. The first-order valence-corrected chi connectivity index (χ1v) is 7.73. The fourth-order valence-corrected chi connectivity index (χ4v) is 3.21. The van der Waals surface area contributed by atoms with E-state index in [1.54, 1.807) is 0 Å². The zero-order valence-corrected chi connectivity index (χ0v) is 12.2. The summed E-state index contributed by atoms with van der Waals surface area (Å²) in [6.45, 7) is 2.74. The van der Waals surface area contributed by atoms with Crippen LogP contribution in [0.5, 0.6) is 0 Å². The minimum absolute atomic E-state index is 0.0125. The molecular weight excluding hydrogens is 270 g/mol. The lowest BCUT2D eigenvalue weighted by atomic mass is 9.99. The molecular formula is C16H21NO4. The van der Waals surface area contributed by atoms with E-state index in [0.29, 0.717) is 13.0 Å². The fourth-order valence-electron chi connectivity index (χ4n) is 3.21. The van der Waals surface area contributed by atoms with E-state index >= 15 is 0 Å². The number of hydrogen-bond donors (Lipinski definition) is 1. The number of hydrogen-bond acceptors (Lipinski definition) is 3. The summed E-state index contributed by atoms with van der Waals surface area (Å²) in [5.74, 6) is 0.0894. The van der Waals surface area contributed by atoms with Crippen LogP contribution in [0.15, 0.2) is 16.5 Å². The van der Waals surface area contributed by atoms with Crippen molar-refractivity contribution >= 4 is 11.9 Å². The number of furan rings is 1. The molecule has 3 atom stereocenters. The van der Waals surface area contributed by atoms with Gasteiger partial charge in [-0.15, -0.1) is 0 Å². The van der Waals surface area contributed by atoms with Crippen LogP contribution in [0, 0.1) is 11.8 Å². The molecule has 3 rings (SSSR count). The van der Waals surface area contributed by atoms with E-state index in [1.165, 1.54) is 0 Å². The van der Waals surface area contributed by atoms with Gasteiger partial charge in [0, 0.05) is 13.0 Å². The summed E-state index contributed by atoms with van der Waals surface area (Å²) in [5, 5.41) is 9.00. The van der Waals surface area contributed by atoms with Crippen LogP contribution in [0.25, 0.3) is 0 Å². The molecule has 0 radical (unpaired) electrons. The molecule has 114 valence electrons. The molecule has 3 unspecified atom stereocenters. The topological polar surface area (TPSA) is 70.8 Å². The second kappa shape index (κ2) is 5.54. The Morgan fingerprint density at radius 2 is 2.14 bits per heavy atom. The molecule has 1 aromatic heterocycles. The first-order chi connectivity index (χ1) is 10.1. The molecule has 1 aromatic rings. The number of piperidine rings is 1. The van der Waals surface area contributed by atoms with Crippen molar-refractivity contribution in [2.75, 3.05) is 6.54 Å². The molecule has 1 saturated heterocycles. The number of carboxylic acids is 1. The van der Waals surface area contributed by atoms with E-state index in [0.717, 1.165) is 37.2 Å². The standard InChI is InChI=1S/C16H21NO4/c1-2-10-6-7-14(21-10)13-5-3-4-8-17(13)15(18)11-9-12(11)16(19)20/h6-7,11-13H,2-5,8-9H2,1H3,(H,19,20). The molecule has 0 aromatic carbocycles. The first kappa shape index (κ1) is 14.2. The van der Waals surface area contributed by atoms with Crippen molar-refractivity contribution in [2.45, 2.75) is 45.1 Å². The van der Waals surface area contributed by atoms with Gasteiger partial charge in [0.1, 0.15) is 11.5 Å². The highest BCUT2D eigenvalue weighted by Gasteiger charge is 2.51. The fraction of sp³-hybridized carbons (Fsp3) is 0.625. The van der Waals surface area contributed by atoms with Crippen molar-refractivity contribution in [1.29, 1.82) is 0 Å². The summed E-state index contributed by atoms with van der Waals surface area (Å²) in [4.78, 5) is 25.4. The Morgan fingerprint density at radius 3 is 2.76 bits per heavy atom. The van der Waals surface area contributed by atoms with E-state index in [9.17, 15) is 9.59 Å². The monoisotopic (exact) mass is 291 g/mol. The maximum absolute atomic E-state index is 12.6. The van der Waals surface area contributed by atoms with Gasteiger partial charge in [0.15, 0.2) is 0 Å². The predicted octanol–water partition coefficient (Wildman–Crippen LogP) is 2.62. The van der Waals surface area contributed by atoms with Gasteiger partial charge < -0.3 is 14.4 Å². The maximum atomic E-state index is 12.6. The van der Waals surface area contributed by atoms with E-state index < -0.39 is 11.9 Å². The Kier molecular flexibility index (Phi) is 3.74. The lowest BCUT2D eigenvalue weighted by Crippen LogP contribution is -2.39. The summed E-state index contributed by atoms with van der Waals surface area (Å²) >= 11 is 0. The van der Waals surface area contributed by atoms with Crippen LogP contribution in [-0.4, -0.2) is 28.4 Å². The molecule has 1 aliphatic heterocycles. The van der Waals surface area contributed by atoms with Crippen LogP contribution >= 0.6 is 0 Å². The molecule has 0 bridgehead atoms. The Hall–Kier alpha value is -1.78. The molecule has 1 saturated carbocycles. The van der Waals surface area contributed by atoms with Crippen molar-refractivity contribution in [3.63, 3.8) is 0 Å². The van der Waals surface area contributed by atoms with Gasteiger partial charge in [-0.1, -0.05) is 6.92 Å². The Morgan fingerprint density at radius 1 is 1.33 bits per heavy atom. The summed E-state index contributed by atoms with van der Waals surface area (Å²) < 4.78 is 5.82. The number of aliphatic carboxylic acids is 1. The highest BCUT2D eigenvalue weighted by molar-refractivity contribution is 5.89. The lowest BCUT2D eigenvalue weighted by Gasteiger charge is -2.34. The normalized spacial score (nSPS) is 28.4. The largest absolute Gasteiger partial charge is 0.481 e. The van der Waals surface area contributed by atoms with Crippen LogP contribution in [0.3, 0.4) is 0 Å². The average molecular weight is 291 g/mol. The van der Waals surface area contributed by atoms with Crippen molar-refractivity contribution < 1.29 is 19.1 Å². The lowest BCUT2D eigenvalue weighted by molar-refractivity contribution is -0.143. The van der Waals surface area contributed by atoms with Crippen LogP contribution in [-0.2, 0) is 16.0 Å². The van der Waals surface area contributed by atoms with E-state index in [-0.39, 0.29) is 17.9 Å². The molecule has 0 spiro atoms. The van der Waals surface area contributed by atoms with Gasteiger partial charge >= 0.3 is 5.97 Å². The first-order valence-electron chi connectivity index (χ1n) is 7.73. The third kappa shape index (κ3) is 2.69. The number of likely N-dealkylation sites (tertiary alicyclic amines) is 1. The molecule has 2 heterocycles. The van der Waals surface area contributed by atoms with Crippen molar-refractivity contribution in [2.24, 2.45) is 11.8 Å². The number of rotatable bonds is 4. The van der Waals surface area contributed by atoms with Gasteiger partial charge in [-0.2, -0.15) is 0 Å². The number of amides is 1. The van der Waals surface area contributed by atoms with Crippen LogP contribution in [0.4, 0.5) is 0 Å². The summed E-state index contributed by atoms with van der Waals surface area (Å²) in [7, 11) is 0. The molecule has 1 aliphatic carbocycles. The van der Waals surface area contributed by atoms with E-state index in [1.807, 2.05) is 24.0 Å². The van der Waals surface area contributed by atoms with Crippen LogP contribution < -0.4 is 0 Å². The third-order valence-corrected chi connectivity index (χ3v) is 4.57. The molecule has 21 heavy (non-hydrogen) atoms. The van der Waals surface area contributed by atoms with Crippen molar-refractivity contribution in [3.8, 4) is 0 Å². The van der Waals surface area contributed by atoms with Gasteiger partial charge in [-0.3, -0.25) is 9.59 Å². The van der Waals surface area contributed by atoms with Crippen LogP contribution in [0.2, 0.25) is 0 Å².